The van der Waals surface area contributed by atoms with Gasteiger partial charge in [0.05, 0.1) is 0 Å². The zero-order valence-corrected chi connectivity index (χ0v) is 19.0. The van der Waals surface area contributed by atoms with Gasteiger partial charge < -0.3 is 15.0 Å². The molecule has 2 aromatic carbocycles. The molecule has 0 aliphatic rings. The molecule has 2 atom stereocenters. The number of carbonyl (C=O) groups excluding carboxylic acids is 2. The number of nitrogens with one attached hydrogen (secondary N) is 1. The molecule has 0 heterocycles. The molecule has 0 aliphatic heterocycles. The van der Waals surface area contributed by atoms with Crippen molar-refractivity contribution in [3.8, 4) is 5.75 Å². The summed E-state index contributed by atoms with van der Waals surface area (Å²) in [5.74, 6) is 0.231. The fourth-order valence-electron chi connectivity index (χ4n) is 2.81. The molecule has 0 fully saturated rings. The van der Waals surface area contributed by atoms with Crippen molar-refractivity contribution >= 4 is 27.7 Å². The third kappa shape index (κ3) is 7.20. The van der Waals surface area contributed by atoms with Gasteiger partial charge in [-0.3, -0.25) is 9.59 Å². The van der Waals surface area contributed by atoms with E-state index in [0.717, 1.165) is 22.0 Å². The van der Waals surface area contributed by atoms with E-state index in [4.69, 9.17) is 4.74 Å². The largest absolute Gasteiger partial charge is 0.484 e. The SMILES string of the molecule is CCC(C)NC(=O)C(C)N(Cc1cccc(Br)c1)C(=O)COc1cccc(C)c1. The first kappa shape index (κ1) is 22.9. The molecule has 2 unspecified atom stereocenters. The van der Waals surface area contributed by atoms with Gasteiger partial charge >= 0.3 is 0 Å². The smallest absolute Gasteiger partial charge is 0.261 e. The molecule has 0 aromatic heterocycles. The van der Waals surface area contributed by atoms with Crippen LogP contribution < -0.4 is 10.1 Å². The number of halogens is 1. The fraction of sp³-hybridized carbons (Fsp3) is 0.391. The number of aryl methyl sites for hydroxylation is 1. The van der Waals surface area contributed by atoms with Crippen molar-refractivity contribution in [2.75, 3.05) is 6.61 Å². The number of ether oxygens (including phenoxy) is 1. The first-order valence-electron chi connectivity index (χ1n) is 9.84. The molecule has 0 aliphatic carbocycles. The van der Waals surface area contributed by atoms with Crippen molar-refractivity contribution in [2.24, 2.45) is 0 Å². The Kier molecular flexibility index (Phi) is 8.70. The van der Waals surface area contributed by atoms with E-state index < -0.39 is 6.04 Å². The third-order valence-corrected chi connectivity index (χ3v) is 5.26. The highest BCUT2D eigenvalue weighted by Crippen LogP contribution is 2.17. The zero-order valence-electron chi connectivity index (χ0n) is 17.4. The minimum atomic E-state index is -0.614. The normalized spacial score (nSPS) is 12.7. The highest BCUT2D eigenvalue weighted by Gasteiger charge is 2.27. The molecule has 0 saturated heterocycles. The van der Waals surface area contributed by atoms with Crippen LogP contribution >= 0.6 is 15.9 Å². The predicted molar refractivity (Wildman–Crippen MR) is 119 cm³/mol. The van der Waals surface area contributed by atoms with Gasteiger partial charge in [-0.15, -0.1) is 0 Å². The van der Waals surface area contributed by atoms with Crippen LogP contribution in [0.4, 0.5) is 0 Å². The van der Waals surface area contributed by atoms with E-state index in [0.29, 0.717) is 12.3 Å². The lowest BCUT2D eigenvalue weighted by Crippen LogP contribution is -2.50. The van der Waals surface area contributed by atoms with E-state index in [1.54, 1.807) is 11.8 Å². The first-order valence-corrected chi connectivity index (χ1v) is 10.6. The number of amides is 2. The molecule has 0 spiro atoms. The first-order chi connectivity index (χ1) is 13.8. The number of rotatable bonds is 9. The van der Waals surface area contributed by atoms with Gasteiger partial charge in [0.1, 0.15) is 11.8 Å². The second-order valence-corrected chi connectivity index (χ2v) is 8.17. The summed E-state index contributed by atoms with van der Waals surface area (Å²) < 4.78 is 6.62. The Labute approximate surface area is 181 Å². The van der Waals surface area contributed by atoms with Crippen LogP contribution in [-0.2, 0) is 16.1 Å². The van der Waals surface area contributed by atoms with E-state index in [2.05, 4.69) is 21.2 Å². The Balaban J connectivity index is 2.15. The molecule has 2 rings (SSSR count). The Hall–Kier alpha value is -2.34. The van der Waals surface area contributed by atoms with Crippen molar-refractivity contribution in [3.63, 3.8) is 0 Å². The molecule has 0 radical (unpaired) electrons. The summed E-state index contributed by atoms with van der Waals surface area (Å²) >= 11 is 3.46. The maximum Gasteiger partial charge on any atom is 0.261 e. The molecule has 0 bridgehead atoms. The van der Waals surface area contributed by atoms with Crippen molar-refractivity contribution < 1.29 is 14.3 Å². The van der Waals surface area contributed by atoms with Crippen molar-refractivity contribution in [1.82, 2.24) is 10.2 Å². The van der Waals surface area contributed by atoms with E-state index in [9.17, 15) is 9.59 Å². The van der Waals surface area contributed by atoms with Gasteiger partial charge in [-0.2, -0.15) is 0 Å². The minimum Gasteiger partial charge on any atom is -0.484 e. The standard InChI is InChI=1S/C23H29BrN2O3/c1-5-17(3)25-23(28)18(4)26(14-19-9-7-10-20(24)13-19)22(27)15-29-21-11-6-8-16(2)12-21/h6-13,17-18H,5,14-15H2,1-4H3,(H,25,28). The summed E-state index contributed by atoms with van der Waals surface area (Å²) in [6.45, 7) is 7.88. The summed E-state index contributed by atoms with van der Waals surface area (Å²) in [5.41, 5.74) is 1.99. The van der Waals surface area contributed by atoms with Crippen LogP contribution in [-0.4, -0.2) is 35.4 Å². The second kappa shape index (κ2) is 11.0. The topological polar surface area (TPSA) is 58.6 Å². The highest BCUT2D eigenvalue weighted by molar-refractivity contribution is 9.10. The van der Waals surface area contributed by atoms with Gasteiger partial charge in [-0.05, 0) is 62.6 Å². The highest BCUT2D eigenvalue weighted by atomic mass is 79.9. The molecular weight excluding hydrogens is 432 g/mol. The van der Waals surface area contributed by atoms with Crippen LogP contribution in [0.1, 0.15) is 38.3 Å². The number of benzene rings is 2. The van der Waals surface area contributed by atoms with Gasteiger partial charge in [0, 0.05) is 17.1 Å². The fourth-order valence-corrected chi connectivity index (χ4v) is 3.26. The van der Waals surface area contributed by atoms with Crippen LogP contribution in [0.2, 0.25) is 0 Å². The van der Waals surface area contributed by atoms with Crippen molar-refractivity contribution in [3.05, 3.63) is 64.1 Å². The van der Waals surface area contributed by atoms with Gasteiger partial charge in [0.25, 0.3) is 5.91 Å². The maximum atomic E-state index is 13.0. The van der Waals surface area contributed by atoms with Crippen molar-refractivity contribution in [1.29, 1.82) is 0 Å². The predicted octanol–water partition coefficient (Wildman–Crippen LogP) is 4.47. The lowest BCUT2D eigenvalue weighted by Gasteiger charge is -2.29. The summed E-state index contributed by atoms with van der Waals surface area (Å²) in [4.78, 5) is 27.2. The van der Waals surface area contributed by atoms with E-state index in [1.165, 1.54) is 0 Å². The monoisotopic (exact) mass is 460 g/mol. The van der Waals surface area contributed by atoms with Crippen molar-refractivity contribution in [2.45, 2.75) is 52.7 Å². The summed E-state index contributed by atoms with van der Waals surface area (Å²) in [5, 5.41) is 2.96. The Morgan fingerprint density at radius 2 is 1.86 bits per heavy atom. The Morgan fingerprint density at radius 1 is 1.14 bits per heavy atom. The molecule has 29 heavy (non-hydrogen) atoms. The van der Waals surface area contributed by atoms with E-state index in [1.807, 2.05) is 69.3 Å². The number of hydrogen-bond donors (Lipinski definition) is 1. The zero-order chi connectivity index (χ0) is 21.4. The summed E-state index contributed by atoms with van der Waals surface area (Å²) in [6, 6.07) is 14.7. The molecule has 2 amide bonds. The van der Waals surface area contributed by atoms with Gasteiger partial charge in [0.2, 0.25) is 5.91 Å². The average molecular weight is 461 g/mol. The van der Waals surface area contributed by atoms with Gasteiger partial charge in [-0.25, -0.2) is 0 Å². The Bertz CT molecular complexity index is 840. The average Bonchev–Trinajstić information content (AvgIpc) is 2.69. The molecule has 1 N–H and O–H groups in total. The lowest BCUT2D eigenvalue weighted by molar-refractivity contribution is -0.142. The van der Waals surface area contributed by atoms with Crippen LogP contribution in [0.5, 0.6) is 5.75 Å². The number of carbonyl (C=O) groups is 2. The van der Waals surface area contributed by atoms with Gasteiger partial charge in [0.15, 0.2) is 6.61 Å². The molecule has 0 saturated carbocycles. The lowest BCUT2D eigenvalue weighted by atomic mass is 10.1. The van der Waals surface area contributed by atoms with Gasteiger partial charge in [-0.1, -0.05) is 47.1 Å². The second-order valence-electron chi connectivity index (χ2n) is 7.25. The summed E-state index contributed by atoms with van der Waals surface area (Å²) in [7, 11) is 0. The molecule has 156 valence electrons. The number of hydrogen-bond acceptors (Lipinski definition) is 3. The minimum absolute atomic E-state index is 0.0521. The molecule has 5 nitrogen and oxygen atoms in total. The van der Waals surface area contributed by atoms with Crippen LogP contribution in [0, 0.1) is 6.92 Å². The van der Waals surface area contributed by atoms with E-state index >= 15 is 0 Å². The Morgan fingerprint density at radius 3 is 2.52 bits per heavy atom. The quantitative estimate of drug-likeness (QED) is 0.600. The molecular formula is C23H29BrN2O3. The van der Waals surface area contributed by atoms with E-state index in [-0.39, 0.29) is 24.5 Å². The van der Waals surface area contributed by atoms with Crippen LogP contribution in [0.3, 0.4) is 0 Å². The summed E-state index contributed by atoms with van der Waals surface area (Å²) in [6.07, 6.45) is 0.828. The number of nitrogens with zero attached hydrogens (tertiary/aromatic N) is 1. The molecule has 6 heteroatoms. The van der Waals surface area contributed by atoms with Crippen LogP contribution in [0.15, 0.2) is 53.0 Å². The van der Waals surface area contributed by atoms with Crippen LogP contribution in [0.25, 0.3) is 0 Å². The molecule has 2 aromatic rings. The third-order valence-electron chi connectivity index (χ3n) is 4.76. The maximum absolute atomic E-state index is 13.0.